The van der Waals surface area contributed by atoms with Gasteiger partial charge in [0.05, 0.1) is 22.5 Å². The lowest BCUT2D eigenvalue weighted by atomic mass is 9.54. The number of halogens is 4. The molecule has 1 aliphatic heterocycles. The molecule has 2 bridgehead atoms. The molecule has 3 nitrogen and oxygen atoms in total. The molecule has 7 rings (SSSR count). The van der Waals surface area contributed by atoms with Gasteiger partial charge in [0, 0.05) is 4.47 Å². The second-order valence-electron chi connectivity index (χ2n) is 8.08. The Bertz CT molecular complexity index is 1200. The topological polar surface area (TPSA) is 37.4 Å². The molecular weight excluding hydrogens is 521 g/mol. The largest absolute Gasteiger partial charge is 0.274 e. The SMILES string of the molecule is O=C1[C@@H]2[C@@H](C(=O)N1c1ccc(Br)c(Cl)c1)C1(Cl)c3ccccc3C2(Cl)c2ccccc21. The first kappa shape index (κ1) is 19.8. The quantitative estimate of drug-likeness (QED) is 0.276. The highest BCUT2D eigenvalue weighted by molar-refractivity contribution is 9.10. The van der Waals surface area contributed by atoms with E-state index in [-0.39, 0.29) is 11.8 Å². The van der Waals surface area contributed by atoms with Crippen LogP contribution in [0.2, 0.25) is 5.02 Å². The molecule has 2 amide bonds. The Labute approximate surface area is 202 Å². The van der Waals surface area contributed by atoms with Crippen molar-refractivity contribution in [1.82, 2.24) is 0 Å². The fraction of sp³-hybridized carbons (Fsp3) is 0.167. The number of hydrogen-bond acceptors (Lipinski definition) is 2. The van der Waals surface area contributed by atoms with Gasteiger partial charge in [0.15, 0.2) is 0 Å². The second-order valence-corrected chi connectivity index (χ2v) is 10.5. The van der Waals surface area contributed by atoms with Gasteiger partial charge >= 0.3 is 0 Å². The number of carbonyl (C=O) groups is 2. The van der Waals surface area contributed by atoms with Crippen molar-refractivity contribution in [2.45, 2.75) is 9.75 Å². The number of benzene rings is 3. The van der Waals surface area contributed by atoms with Gasteiger partial charge in [-0.3, -0.25) is 9.59 Å². The van der Waals surface area contributed by atoms with Crippen LogP contribution in [0.15, 0.2) is 71.2 Å². The maximum atomic E-state index is 13.8. The first-order valence-electron chi connectivity index (χ1n) is 9.72. The molecule has 31 heavy (non-hydrogen) atoms. The van der Waals surface area contributed by atoms with Gasteiger partial charge in [-0.15, -0.1) is 23.2 Å². The molecule has 1 saturated heterocycles. The van der Waals surface area contributed by atoms with Crippen LogP contribution in [-0.4, -0.2) is 11.8 Å². The average Bonchev–Trinajstić information content (AvgIpc) is 3.05. The minimum Gasteiger partial charge on any atom is -0.274 e. The number of nitrogens with zero attached hydrogens (tertiary/aromatic N) is 1. The van der Waals surface area contributed by atoms with E-state index in [0.29, 0.717) is 15.2 Å². The molecule has 0 spiro atoms. The lowest BCUT2D eigenvalue weighted by Gasteiger charge is -2.54. The smallest absolute Gasteiger partial charge is 0.240 e. The number of hydrogen-bond donors (Lipinski definition) is 0. The van der Waals surface area contributed by atoms with Crippen LogP contribution in [0.3, 0.4) is 0 Å². The van der Waals surface area contributed by atoms with Crippen molar-refractivity contribution in [3.8, 4) is 0 Å². The Kier molecular flexibility index (Phi) is 4.06. The molecule has 154 valence electrons. The van der Waals surface area contributed by atoms with Crippen molar-refractivity contribution in [1.29, 1.82) is 0 Å². The van der Waals surface area contributed by atoms with Gasteiger partial charge in [-0.1, -0.05) is 60.1 Å². The number of amides is 2. The lowest BCUT2D eigenvalue weighted by molar-refractivity contribution is -0.122. The highest BCUT2D eigenvalue weighted by Gasteiger charge is 2.73. The summed E-state index contributed by atoms with van der Waals surface area (Å²) in [6.45, 7) is 0. The van der Waals surface area contributed by atoms with Crippen molar-refractivity contribution in [3.05, 3.63) is 98.5 Å². The Balaban J connectivity index is 1.65. The van der Waals surface area contributed by atoms with E-state index in [9.17, 15) is 9.59 Å². The van der Waals surface area contributed by atoms with E-state index in [4.69, 9.17) is 34.8 Å². The molecule has 7 heteroatoms. The summed E-state index contributed by atoms with van der Waals surface area (Å²) in [7, 11) is 0. The van der Waals surface area contributed by atoms with E-state index in [2.05, 4.69) is 15.9 Å². The highest BCUT2D eigenvalue weighted by Crippen LogP contribution is 2.69. The molecule has 3 aliphatic carbocycles. The third-order valence-electron chi connectivity index (χ3n) is 6.75. The predicted molar refractivity (Wildman–Crippen MR) is 125 cm³/mol. The Morgan fingerprint density at radius 3 is 1.55 bits per heavy atom. The van der Waals surface area contributed by atoms with Crippen LogP contribution in [-0.2, 0) is 19.3 Å². The van der Waals surface area contributed by atoms with Gasteiger partial charge < -0.3 is 0 Å². The van der Waals surface area contributed by atoms with Crippen molar-refractivity contribution in [2.24, 2.45) is 11.8 Å². The minimum absolute atomic E-state index is 0.363. The first-order chi connectivity index (χ1) is 14.8. The summed E-state index contributed by atoms with van der Waals surface area (Å²) in [5, 5.41) is 0.406. The van der Waals surface area contributed by atoms with Crippen molar-refractivity contribution in [3.63, 3.8) is 0 Å². The summed E-state index contributed by atoms with van der Waals surface area (Å²) in [6, 6.07) is 20.2. The molecule has 0 N–H and O–H groups in total. The standard InChI is InChI=1S/C24H13BrCl3NO2/c25-17-10-9-12(11-18(17)26)29-21(30)19-20(22(29)31)24(28)14-6-2-1-5-13(14)23(19,27)15-7-3-4-8-16(15)24/h1-11,19-20H/t19-,20-,23?,24?/m0/s1. The van der Waals surface area contributed by atoms with Gasteiger partial charge in [0.25, 0.3) is 0 Å². The fourth-order valence-corrected chi connectivity index (χ4v) is 7.06. The second kappa shape index (κ2) is 6.35. The monoisotopic (exact) mass is 531 g/mol. The van der Waals surface area contributed by atoms with Crippen LogP contribution < -0.4 is 4.90 Å². The Morgan fingerprint density at radius 1 is 0.742 bits per heavy atom. The van der Waals surface area contributed by atoms with E-state index in [1.165, 1.54) is 4.90 Å². The molecule has 0 aromatic heterocycles. The molecule has 1 fully saturated rings. The number of carbonyl (C=O) groups excluding carboxylic acids is 2. The van der Waals surface area contributed by atoms with Crippen LogP contribution in [0.1, 0.15) is 22.3 Å². The molecule has 2 atom stereocenters. The average molecular weight is 534 g/mol. The van der Waals surface area contributed by atoms with Gasteiger partial charge in [0.2, 0.25) is 11.8 Å². The molecule has 1 heterocycles. The van der Waals surface area contributed by atoms with Crippen LogP contribution in [0.25, 0.3) is 0 Å². The third kappa shape index (κ3) is 2.22. The predicted octanol–water partition coefficient (Wildman–Crippen LogP) is 6.20. The zero-order chi connectivity index (χ0) is 21.7. The van der Waals surface area contributed by atoms with E-state index >= 15 is 0 Å². The lowest BCUT2D eigenvalue weighted by Crippen LogP contribution is -2.57. The summed E-state index contributed by atoms with van der Waals surface area (Å²) in [5.41, 5.74) is 3.53. The molecule has 3 aromatic rings. The highest BCUT2D eigenvalue weighted by atomic mass is 79.9. The molecule has 0 unspecified atom stereocenters. The summed E-state index contributed by atoms with van der Waals surface area (Å²) in [4.78, 5) is 26.4. The summed E-state index contributed by atoms with van der Waals surface area (Å²) >= 11 is 24.4. The van der Waals surface area contributed by atoms with Crippen molar-refractivity contribution < 1.29 is 9.59 Å². The van der Waals surface area contributed by atoms with E-state index in [1.807, 2.05) is 48.5 Å². The number of rotatable bonds is 1. The first-order valence-corrected chi connectivity index (χ1v) is 11.6. The molecule has 0 saturated carbocycles. The number of anilines is 1. The molecule has 3 aromatic carbocycles. The maximum Gasteiger partial charge on any atom is 0.240 e. The minimum atomic E-state index is -1.19. The molecule has 4 aliphatic rings. The zero-order valence-electron chi connectivity index (χ0n) is 15.8. The third-order valence-corrected chi connectivity index (χ3v) is 9.26. The fourth-order valence-electron chi connectivity index (χ4n) is 5.55. The Hall–Kier alpha value is -1.85. The summed E-state index contributed by atoms with van der Waals surface area (Å²) < 4.78 is 0.678. The molecular formula is C24H13BrCl3NO2. The van der Waals surface area contributed by atoms with Crippen molar-refractivity contribution >= 4 is 68.2 Å². The van der Waals surface area contributed by atoms with Gasteiger partial charge in [-0.2, -0.15) is 0 Å². The normalized spacial score (nSPS) is 30.3. The maximum absolute atomic E-state index is 13.8. The van der Waals surface area contributed by atoms with Gasteiger partial charge in [0.1, 0.15) is 9.75 Å². The summed E-state index contributed by atoms with van der Waals surface area (Å²) in [6.07, 6.45) is 0. The van der Waals surface area contributed by atoms with Crippen molar-refractivity contribution in [2.75, 3.05) is 4.90 Å². The Morgan fingerprint density at radius 2 is 1.16 bits per heavy atom. The van der Waals surface area contributed by atoms with Crippen LogP contribution in [0.5, 0.6) is 0 Å². The van der Waals surface area contributed by atoms with Crippen LogP contribution in [0.4, 0.5) is 5.69 Å². The zero-order valence-corrected chi connectivity index (χ0v) is 19.6. The number of alkyl halides is 2. The van der Waals surface area contributed by atoms with E-state index in [0.717, 1.165) is 22.3 Å². The summed E-state index contributed by atoms with van der Waals surface area (Å²) in [5.74, 6) is -2.38. The number of imide groups is 1. The van der Waals surface area contributed by atoms with Gasteiger partial charge in [-0.05, 0) is 56.4 Å². The molecule has 0 radical (unpaired) electrons. The van der Waals surface area contributed by atoms with Crippen LogP contribution >= 0.6 is 50.7 Å². The van der Waals surface area contributed by atoms with E-state index in [1.54, 1.807) is 18.2 Å². The van der Waals surface area contributed by atoms with E-state index < -0.39 is 21.6 Å². The van der Waals surface area contributed by atoms with Crippen LogP contribution in [0, 0.1) is 11.8 Å². The van der Waals surface area contributed by atoms with Gasteiger partial charge in [-0.25, -0.2) is 4.90 Å².